The summed E-state index contributed by atoms with van der Waals surface area (Å²) in [5.74, 6) is 2.64. The highest BCUT2D eigenvalue weighted by Crippen LogP contribution is 2.35. The molecule has 0 radical (unpaired) electrons. The first-order valence-corrected chi connectivity index (χ1v) is 8.63. The van der Waals surface area contributed by atoms with E-state index in [-0.39, 0.29) is 18.6 Å². The Morgan fingerprint density at radius 2 is 2.08 bits per heavy atom. The number of nitrogens with zero attached hydrogens (tertiary/aromatic N) is 3. The fraction of sp³-hybridized carbons (Fsp3) is 0.500. The van der Waals surface area contributed by atoms with Crippen molar-refractivity contribution in [2.75, 3.05) is 6.61 Å². The van der Waals surface area contributed by atoms with E-state index in [2.05, 4.69) is 15.5 Å². The third kappa shape index (κ3) is 4.36. The van der Waals surface area contributed by atoms with Crippen LogP contribution in [0.2, 0.25) is 0 Å². The van der Waals surface area contributed by atoms with E-state index >= 15 is 0 Å². The number of aromatic nitrogens is 3. The highest BCUT2D eigenvalue weighted by atomic mass is 16.5. The molecule has 1 saturated carbocycles. The van der Waals surface area contributed by atoms with Crippen molar-refractivity contribution in [3.05, 3.63) is 42.0 Å². The average molecular weight is 344 g/mol. The highest BCUT2D eigenvalue weighted by Gasteiger charge is 2.34. The number of ether oxygens (including phenoxy) is 1. The van der Waals surface area contributed by atoms with Crippen LogP contribution < -0.4 is 10.1 Å². The van der Waals surface area contributed by atoms with E-state index < -0.39 is 0 Å². The van der Waals surface area contributed by atoms with Gasteiger partial charge in [-0.15, -0.1) is 10.2 Å². The Kier molecular flexibility index (Phi) is 5.65. The predicted octanol–water partition coefficient (Wildman–Crippen LogP) is 1.53. The SMILES string of the molecule is Cn1c(CO)nnc1C1CC(NC(=O)CCCOc2ccccc2)C1. The molecular formula is C18H24N4O3. The smallest absolute Gasteiger partial charge is 0.220 e. The molecular weight excluding hydrogens is 320 g/mol. The number of hydrogen-bond donors (Lipinski definition) is 2. The number of aliphatic hydroxyl groups is 1. The van der Waals surface area contributed by atoms with Crippen molar-refractivity contribution < 1.29 is 14.6 Å². The van der Waals surface area contributed by atoms with Crippen LogP contribution in [-0.2, 0) is 18.4 Å². The van der Waals surface area contributed by atoms with E-state index in [0.717, 1.165) is 24.4 Å². The minimum atomic E-state index is -0.110. The molecule has 1 aromatic carbocycles. The Hall–Kier alpha value is -2.41. The molecule has 0 spiro atoms. The van der Waals surface area contributed by atoms with E-state index in [1.54, 1.807) is 0 Å². The summed E-state index contributed by atoms with van der Waals surface area (Å²) in [4.78, 5) is 12.0. The monoisotopic (exact) mass is 344 g/mol. The molecule has 7 nitrogen and oxygen atoms in total. The zero-order chi connectivity index (χ0) is 17.6. The molecule has 1 aliphatic rings. The summed E-state index contributed by atoms with van der Waals surface area (Å²) in [7, 11) is 1.86. The Balaban J connectivity index is 1.33. The van der Waals surface area contributed by atoms with Gasteiger partial charge >= 0.3 is 0 Å². The summed E-state index contributed by atoms with van der Waals surface area (Å²) >= 11 is 0. The molecule has 7 heteroatoms. The van der Waals surface area contributed by atoms with Crippen LogP contribution in [0.15, 0.2) is 30.3 Å². The molecule has 1 aromatic heterocycles. The summed E-state index contributed by atoms with van der Waals surface area (Å²) in [6, 6.07) is 9.80. The van der Waals surface area contributed by atoms with Crippen molar-refractivity contribution in [2.24, 2.45) is 7.05 Å². The van der Waals surface area contributed by atoms with E-state index in [1.807, 2.05) is 41.9 Å². The Bertz CT molecular complexity index is 696. The molecule has 25 heavy (non-hydrogen) atoms. The van der Waals surface area contributed by atoms with Crippen molar-refractivity contribution >= 4 is 5.91 Å². The first-order valence-electron chi connectivity index (χ1n) is 8.63. The van der Waals surface area contributed by atoms with Gasteiger partial charge in [0.05, 0.1) is 6.61 Å². The van der Waals surface area contributed by atoms with Gasteiger partial charge in [0.2, 0.25) is 5.91 Å². The normalized spacial score (nSPS) is 19.3. The number of benzene rings is 1. The van der Waals surface area contributed by atoms with Crippen LogP contribution in [0.4, 0.5) is 0 Å². The van der Waals surface area contributed by atoms with Crippen LogP contribution in [0.3, 0.4) is 0 Å². The second-order valence-electron chi connectivity index (χ2n) is 6.39. The largest absolute Gasteiger partial charge is 0.494 e. The molecule has 0 aliphatic heterocycles. The van der Waals surface area contributed by atoms with Crippen LogP contribution in [0.25, 0.3) is 0 Å². The number of aliphatic hydroxyl groups excluding tert-OH is 1. The lowest BCUT2D eigenvalue weighted by atomic mass is 9.79. The summed E-state index contributed by atoms with van der Waals surface area (Å²) in [6.07, 6.45) is 2.89. The first kappa shape index (κ1) is 17.4. The maximum Gasteiger partial charge on any atom is 0.220 e. The van der Waals surface area contributed by atoms with Gasteiger partial charge in [-0.3, -0.25) is 4.79 Å². The minimum absolute atomic E-state index is 0.0640. The predicted molar refractivity (Wildman–Crippen MR) is 92.0 cm³/mol. The molecule has 1 fully saturated rings. The molecule has 2 N–H and O–H groups in total. The van der Waals surface area contributed by atoms with Gasteiger partial charge in [-0.25, -0.2) is 0 Å². The summed E-state index contributed by atoms with van der Waals surface area (Å²) < 4.78 is 7.42. The number of hydrogen-bond acceptors (Lipinski definition) is 5. The molecule has 0 saturated heterocycles. The van der Waals surface area contributed by atoms with E-state index in [1.165, 1.54) is 0 Å². The first-order chi connectivity index (χ1) is 12.2. The van der Waals surface area contributed by atoms with Crippen LogP contribution >= 0.6 is 0 Å². The van der Waals surface area contributed by atoms with Gasteiger partial charge in [0, 0.05) is 25.4 Å². The van der Waals surface area contributed by atoms with Crippen LogP contribution in [0, 0.1) is 0 Å². The third-order valence-corrected chi connectivity index (χ3v) is 4.57. The van der Waals surface area contributed by atoms with Gasteiger partial charge in [-0.05, 0) is 31.4 Å². The fourth-order valence-electron chi connectivity index (χ4n) is 3.05. The molecule has 3 rings (SSSR count). The summed E-state index contributed by atoms with van der Waals surface area (Å²) in [6.45, 7) is 0.426. The maximum atomic E-state index is 12.0. The van der Waals surface area contributed by atoms with Gasteiger partial charge < -0.3 is 19.7 Å². The topological polar surface area (TPSA) is 89.3 Å². The van der Waals surface area contributed by atoms with Gasteiger partial charge in [-0.1, -0.05) is 18.2 Å². The van der Waals surface area contributed by atoms with Crippen molar-refractivity contribution in [1.82, 2.24) is 20.1 Å². The zero-order valence-electron chi connectivity index (χ0n) is 14.4. The molecule has 1 amide bonds. The van der Waals surface area contributed by atoms with Crippen molar-refractivity contribution in [1.29, 1.82) is 0 Å². The van der Waals surface area contributed by atoms with E-state index in [9.17, 15) is 4.79 Å². The quantitative estimate of drug-likeness (QED) is 0.709. The number of carbonyl (C=O) groups is 1. The van der Waals surface area contributed by atoms with E-state index in [4.69, 9.17) is 9.84 Å². The van der Waals surface area contributed by atoms with E-state index in [0.29, 0.717) is 31.2 Å². The average Bonchev–Trinajstić information content (AvgIpc) is 2.96. The summed E-state index contributed by atoms with van der Waals surface area (Å²) in [5.41, 5.74) is 0. The minimum Gasteiger partial charge on any atom is -0.494 e. The number of nitrogens with one attached hydrogen (secondary N) is 1. The van der Waals surface area contributed by atoms with Gasteiger partial charge in [0.25, 0.3) is 0 Å². The number of para-hydroxylation sites is 1. The van der Waals surface area contributed by atoms with Gasteiger partial charge in [-0.2, -0.15) is 0 Å². The molecule has 0 bridgehead atoms. The highest BCUT2D eigenvalue weighted by molar-refractivity contribution is 5.76. The third-order valence-electron chi connectivity index (χ3n) is 4.57. The molecule has 0 atom stereocenters. The molecule has 2 aromatic rings. The lowest BCUT2D eigenvalue weighted by Crippen LogP contribution is -2.44. The molecule has 0 unspecified atom stereocenters. The lowest BCUT2D eigenvalue weighted by Gasteiger charge is -2.35. The van der Waals surface area contributed by atoms with Crippen LogP contribution in [-0.4, -0.2) is 38.4 Å². The number of carbonyl (C=O) groups excluding carboxylic acids is 1. The second-order valence-corrected chi connectivity index (χ2v) is 6.39. The Morgan fingerprint density at radius 3 is 2.76 bits per heavy atom. The van der Waals surface area contributed by atoms with Crippen LogP contribution in [0.1, 0.15) is 43.3 Å². The molecule has 1 heterocycles. The molecule has 134 valence electrons. The number of rotatable bonds is 8. The Labute approximate surface area is 147 Å². The van der Waals surface area contributed by atoms with Gasteiger partial charge in [0.15, 0.2) is 5.82 Å². The van der Waals surface area contributed by atoms with Crippen molar-refractivity contribution in [2.45, 2.75) is 44.2 Å². The van der Waals surface area contributed by atoms with Crippen molar-refractivity contribution in [3.63, 3.8) is 0 Å². The maximum absolute atomic E-state index is 12.0. The lowest BCUT2D eigenvalue weighted by molar-refractivity contribution is -0.122. The fourth-order valence-corrected chi connectivity index (χ4v) is 3.05. The standard InChI is InChI=1S/C18H24N4O3/c1-22-16(12-23)20-21-18(22)13-10-14(11-13)19-17(24)8-5-9-25-15-6-3-2-4-7-15/h2-4,6-7,13-14,23H,5,8-12H2,1H3,(H,19,24). The van der Waals surface area contributed by atoms with Crippen molar-refractivity contribution in [3.8, 4) is 5.75 Å². The number of amides is 1. The summed E-state index contributed by atoms with van der Waals surface area (Å²) in [5, 5.41) is 20.3. The van der Waals surface area contributed by atoms with Gasteiger partial charge in [0.1, 0.15) is 18.2 Å². The zero-order valence-corrected chi connectivity index (χ0v) is 14.4. The molecule has 1 aliphatic carbocycles. The second kappa shape index (κ2) is 8.11. The van der Waals surface area contributed by atoms with Crippen LogP contribution in [0.5, 0.6) is 5.75 Å². The Morgan fingerprint density at radius 1 is 1.32 bits per heavy atom.